The average molecular weight is 325 g/mol. The van der Waals surface area contributed by atoms with E-state index < -0.39 is 5.25 Å². The molecule has 0 aliphatic rings. The van der Waals surface area contributed by atoms with Crippen LogP contribution in [0.25, 0.3) is 0 Å². The molecule has 21 heavy (non-hydrogen) atoms. The third kappa shape index (κ3) is 4.20. The quantitative estimate of drug-likeness (QED) is 0.733. The van der Waals surface area contributed by atoms with Gasteiger partial charge in [-0.3, -0.25) is 4.79 Å². The van der Waals surface area contributed by atoms with Crippen LogP contribution < -0.4 is 16.8 Å². The number of para-hydroxylation sites is 1. The molecule has 9 heteroatoms. The number of benzene rings is 1. The molecule has 1 aromatic heterocycles. The maximum atomic E-state index is 12.1. The molecule has 2 rings (SSSR count). The number of aromatic nitrogens is 3. The van der Waals surface area contributed by atoms with Crippen LogP contribution in [-0.4, -0.2) is 26.1 Å². The molecule has 0 saturated carbocycles. The van der Waals surface area contributed by atoms with Crippen molar-refractivity contribution in [2.45, 2.75) is 17.3 Å². The Kier molecular flexibility index (Phi) is 4.81. The summed E-state index contributed by atoms with van der Waals surface area (Å²) in [6.45, 7) is 1.72. The number of halogens is 1. The smallest absolute Gasteiger partial charge is 0.237 e. The Balaban J connectivity index is 2.04. The van der Waals surface area contributed by atoms with Gasteiger partial charge in [-0.2, -0.15) is 15.0 Å². The number of nitrogens with zero attached hydrogens (tertiary/aromatic N) is 3. The predicted molar refractivity (Wildman–Crippen MR) is 84.1 cm³/mol. The zero-order chi connectivity index (χ0) is 15.4. The first-order valence-corrected chi connectivity index (χ1v) is 7.20. The number of anilines is 3. The van der Waals surface area contributed by atoms with Gasteiger partial charge in [0.25, 0.3) is 0 Å². The number of nitrogens with two attached hydrogens (primary N) is 2. The highest BCUT2D eigenvalue weighted by Gasteiger charge is 2.17. The molecule has 7 nitrogen and oxygen atoms in total. The number of hydrogen-bond donors (Lipinski definition) is 3. The minimum Gasteiger partial charge on any atom is -0.368 e. The predicted octanol–water partition coefficient (Wildman–Crippen LogP) is 1.81. The van der Waals surface area contributed by atoms with E-state index in [0.29, 0.717) is 15.9 Å². The summed E-state index contributed by atoms with van der Waals surface area (Å²) < 4.78 is 0. The van der Waals surface area contributed by atoms with Crippen LogP contribution in [0.2, 0.25) is 5.02 Å². The number of carbonyl (C=O) groups is 1. The third-order valence-corrected chi connectivity index (χ3v) is 3.72. The van der Waals surface area contributed by atoms with Gasteiger partial charge < -0.3 is 16.8 Å². The standard InChI is InChI=1S/C12H13ClN6OS/c1-6(21-12-18-10(14)17-11(15)19-12)9(20)16-8-5-3-2-4-7(8)13/h2-6H,1H3,(H,16,20)(H4,14,15,17,18,19). The molecule has 1 atom stereocenters. The number of carbonyl (C=O) groups excluding carboxylic acids is 1. The second-order valence-corrected chi connectivity index (χ2v) is 5.78. The maximum absolute atomic E-state index is 12.1. The van der Waals surface area contributed by atoms with Crippen molar-refractivity contribution in [1.82, 2.24) is 15.0 Å². The van der Waals surface area contributed by atoms with Gasteiger partial charge in [-0.15, -0.1) is 0 Å². The van der Waals surface area contributed by atoms with Gasteiger partial charge in [0.05, 0.1) is 16.0 Å². The summed E-state index contributed by atoms with van der Waals surface area (Å²) in [7, 11) is 0. The summed E-state index contributed by atoms with van der Waals surface area (Å²) >= 11 is 7.11. The third-order valence-electron chi connectivity index (χ3n) is 2.43. The second kappa shape index (κ2) is 6.59. The van der Waals surface area contributed by atoms with E-state index in [0.717, 1.165) is 11.8 Å². The summed E-state index contributed by atoms with van der Waals surface area (Å²) in [5.41, 5.74) is 11.5. The second-order valence-electron chi connectivity index (χ2n) is 4.06. The van der Waals surface area contributed by atoms with Gasteiger partial charge in [0.2, 0.25) is 17.8 Å². The van der Waals surface area contributed by atoms with Crippen molar-refractivity contribution >= 4 is 46.9 Å². The molecule has 110 valence electrons. The van der Waals surface area contributed by atoms with Crippen LogP contribution in [0.4, 0.5) is 17.6 Å². The van der Waals surface area contributed by atoms with E-state index in [1.54, 1.807) is 31.2 Å². The van der Waals surface area contributed by atoms with E-state index in [4.69, 9.17) is 23.1 Å². The lowest BCUT2D eigenvalue weighted by molar-refractivity contribution is -0.115. The minimum atomic E-state index is -0.456. The summed E-state index contributed by atoms with van der Waals surface area (Å²) in [5.74, 6) is -0.196. The minimum absolute atomic E-state index is 0.0173. The Morgan fingerprint density at radius 3 is 2.48 bits per heavy atom. The zero-order valence-corrected chi connectivity index (χ0v) is 12.6. The van der Waals surface area contributed by atoms with Crippen LogP contribution in [0.5, 0.6) is 0 Å². The topological polar surface area (TPSA) is 120 Å². The van der Waals surface area contributed by atoms with E-state index in [2.05, 4.69) is 20.3 Å². The van der Waals surface area contributed by atoms with Crippen molar-refractivity contribution in [3.63, 3.8) is 0 Å². The van der Waals surface area contributed by atoms with Crippen molar-refractivity contribution in [1.29, 1.82) is 0 Å². The van der Waals surface area contributed by atoms with E-state index in [1.165, 1.54) is 0 Å². The molecular weight excluding hydrogens is 312 g/mol. The lowest BCUT2D eigenvalue weighted by atomic mass is 10.3. The Bertz CT molecular complexity index is 648. The fourth-order valence-electron chi connectivity index (χ4n) is 1.45. The van der Waals surface area contributed by atoms with Crippen LogP contribution >= 0.6 is 23.4 Å². The molecule has 0 saturated heterocycles. The number of thioether (sulfide) groups is 1. The molecule has 5 N–H and O–H groups in total. The van der Waals surface area contributed by atoms with Crippen LogP contribution in [0, 0.1) is 0 Å². The fourth-order valence-corrected chi connectivity index (χ4v) is 2.41. The van der Waals surface area contributed by atoms with Crippen LogP contribution in [0.15, 0.2) is 29.4 Å². The Labute approximate surface area is 130 Å². The van der Waals surface area contributed by atoms with E-state index in [-0.39, 0.29) is 17.8 Å². The van der Waals surface area contributed by atoms with Crippen LogP contribution in [0.1, 0.15) is 6.92 Å². The van der Waals surface area contributed by atoms with E-state index in [9.17, 15) is 4.79 Å². The first-order valence-electron chi connectivity index (χ1n) is 5.95. The molecule has 2 aromatic rings. The first kappa shape index (κ1) is 15.3. The molecular formula is C12H13ClN6OS. The van der Waals surface area contributed by atoms with Gasteiger partial charge in [-0.1, -0.05) is 35.5 Å². The summed E-state index contributed by atoms with van der Waals surface area (Å²) in [4.78, 5) is 23.6. The molecule has 0 spiro atoms. The Hall–Kier alpha value is -2.06. The van der Waals surface area contributed by atoms with Crippen molar-refractivity contribution in [3.05, 3.63) is 29.3 Å². The van der Waals surface area contributed by atoms with Crippen molar-refractivity contribution in [3.8, 4) is 0 Å². The monoisotopic (exact) mass is 324 g/mol. The number of nitrogen functional groups attached to an aromatic ring is 2. The largest absolute Gasteiger partial charge is 0.368 e. The molecule has 0 fully saturated rings. The summed E-state index contributed by atoms with van der Waals surface area (Å²) in [6, 6.07) is 6.98. The highest BCUT2D eigenvalue weighted by molar-refractivity contribution is 8.00. The van der Waals surface area contributed by atoms with E-state index >= 15 is 0 Å². The van der Waals surface area contributed by atoms with Crippen molar-refractivity contribution in [2.24, 2.45) is 0 Å². The van der Waals surface area contributed by atoms with Gasteiger partial charge in [-0.05, 0) is 19.1 Å². The fraction of sp³-hybridized carbons (Fsp3) is 0.167. The number of rotatable bonds is 4. The van der Waals surface area contributed by atoms with Gasteiger partial charge in [0.1, 0.15) is 0 Å². The molecule has 0 radical (unpaired) electrons. The van der Waals surface area contributed by atoms with Gasteiger partial charge in [0, 0.05) is 0 Å². The molecule has 1 heterocycles. The SMILES string of the molecule is CC(Sc1nc(N)nc(N)n1)C(=O)Nc1ccccc1Cl. The Morgan fingerprint density at radius 1 is 1.24 bits per heavy atom. The highest BCUT2D eigenvalue weighted by atomic mass is 35.5. The van der Waals surface area contributed by atoms with Crippen LogP contribution in [-0.2, 0) is 4.79 Å². The molecule has 1 aromatic carbocycles. The van der Waals surface area contributed by atoms with Gasteiger partial charge >= 0.3 is 0 Å². The van der Waals surface area contributed by atoms with Crippen LogP contribution in [0.3, 0.4) is 0 Å². The Morgan fingerprint density at radius 2 is 1.86 bits per heavy atom. The summed E-state index contributed by atoms with van der Waals surface area (Å²) in [5, 5.41) is 3.04. The van der Waals surface area contributed by atoms with Gasteiger partial charge in [0.15, 0.2) is 5.16 Å². The normalized spacial score (nSPS) is 11.9. The molecule has 1 amide bonds. The summed E-state index contributed by atoms with van der Waals surface area (Å²) in [6.07, 6.45) is 0. The first-order chi connectivity index (χ1) is 9.95. The zero-order valence-electron chi connectivity index (χ0n) is 11.1. The highest BCUT2D eigenvalue weighted by Crippen LogP contribution is 2.24. The molecule has 0 aliphatic heterocycles. The number of nitrogens with one attached hydrogen (secondary N) is 1. The van der Waals surface area contributed by atoms with Gasteiger partial charge in [-0.25, -0.2) is 0 Å². The lowest BCUT2D eigenvalue weighted by Gasteiger charge is -2.12. The number of hydrogen-bond acceptors (Lipinski definition) is 7. The van der Waals surface area contributed by atoms with E-state index in [1.807, 2.05) is 0 Å². The lowest BCUT2D eigenvalue weighted by Crippen LogP contribution is -2.23. The maximum Gasteiger partial charge on any atom is 0.237 e. The molecule has 0 aliphatic carbocycles. The number of amides is 1. The van der Waals surface area contributed by atoms with Crippen molar-refractivity contribution in [2.75, 3.05) is 16.8 Å². The average Bonchev–Trinajstić information content (AvgIpc) is 2.40. The molecule has 1 unspecified atom stereocenters. The molecule has 0 bridgehead atoms. The van der Waals surface area contributed by atoms with Crippen molar-refractivity contribution < 1.29 is 4.79 Å².